The molecule has 0 aliphatic heterocycles. The zero-order valence-electron chi connectivity index (χ0n) is 11.2. The van der Waals surface area contributed by atoms with Gasteiger partial charge < -0.3 is 4.74 Å². The minimum absolute atomic E-state index is 0.0519. The van der Waals surface area contributed by atoms with Gasteiger partial charge >= 0.3 is 0 Å². The average Bonchev–Trinajstić information content (AvgIpc) is 2.84. The van der Waals surface area contributed by atoms with Crippen molar-refractivity contribution in [2.75, 3.05) is 6.61 Å². The smallest absolute Gasteiger partial charge is 0.137 e. The average molecular weight is 277 g/mol. The lowest BCUT2D eigenvalue weighted by molar-refractivity contribution is 0.315. The van der Waals surface area contributed by atoms with E-state index in [1.807, 2.05) is 12.3 Å². The highest BCUT2D eigenvalue weighted by atomic mass is 32.1. The molecule has 4 nitrogen and oxygen atoms in total. The Labute approximate surface area is 117 Å². The van der Waals surface area contributed by atoms with Crippen LogP contribution in [0.25, 0.3) is 0 Å². The number of ether oxygens (including phenoxy) is 1. The van der Waals surface area contributed by atoms with Gasteiger partial charge in [0.2, 0.25) is 0 Å². The Hall–Kier alpha value is -1.43. The first-order valence-electron chi connectivity index (χ1n) is 6.32. The third kappa shape index (κ3) is 3.32. The zero-order chi connectivity index (χ0) is 13.7. The molecule has 2 heterocycles. The molecule has 102 valence electrons. The van der Waals surface area contributed by atoms with Crippen LogP contribution in [0.3, 0.4) is 0 Å². The van der Waals surface area contributed by atoms with E-state index < -0.39 is 0 Å². The number of pyridine rings is 1. The third-order valence-corrected chi connectivity index (χ3v) is 3.79. The van der Waals surface area contributed by atoms with E-state index in [2.05, 4.69) is 35.0 Å². The van der Waals surface area contributed by atoms with Crippen molar-refractivity contribution in [3.05, 3.63) is 45.9 Å². The van der Waals surface area contributed by atoms with Gasteiger partial charge in [-0.1, -0.05) is 6.92 Å². The van der Waals surface area contributed by atoms with Crippen LogP contribution in [0.1, 0.15) is 36.1 Å². The van der Waals surface area contributed by atoms with Crippen LogP contribution in [0.4, 0.5) is 0 Å². The van der Waals surface area contributed by atoms with Crippen molar-refractivity contribution in [3.8, 4) is 5.75 Å². The second-order valence-electron chi connectivity index (χ2n) is 4.41. The fourth-order valence-electron chi connectivity index (χ4n) is 1.92. The zero-order valence-corrected chi connectivity index (χ0v) is 12.0. The van der Waals surface area contributed by atoms with Crippen LogP contribution < -0.4 is 16.0 Å². The number of hydrazine groups is 1. The molecule has 0 radical (unpaired) electrons. The summed E-state index contributed by atoms with van der Waals surface area (Å²) in [5.41, 5.74) is 6.28. The van der Waals surface area contributed by atoms with Gasteiger partial charge in [0.15, 0.2) is 0 Å². The molecule has 1 atom stereocenters. The summed E-state index contributed by atoms with van der Waals surface area (Å²) in [6.07, 6.45) is 4.53. The molecule has 0 fully saturated rings. The molecule has 0 bridgehead atoms. The van der Waals surface area contributed by atoms with E-state index in [9.17, 15) is 0 Å². The number of nitrogens with two attached hydrogens (primary N) is 1. The molecule has 3 N–H and O–H groups in total. The molecule has 0 aliphatic carbocycles. The summed E-state index contributed by atoms with van der Waals surface area (Å²) in [5.74, 6) is 6.49. The number of nitrogens with one attached hydrogen (secondary N) is 1. The minimum Gasteiger partial charge on any atom is -0.492 e. The molecule has 0 spiro atoms. The molecular weight excluding hydrogens is 258 g/mol. The summed E-state index contributed by atoms with van der Waals surface area (Å²) in [7, 11) is 0. The van der Waals surface area contributed by atoms with Gasteiger partial charge in [-0.05, 0) is 46.9 Å². The van der Waals surface area contributed by atoms with Crippen molar-refractivity contribution < 1.29 is 4.74 Å². The van der Waals surface area contributed by atoms with Gasteiger partial charge in [-0.25, -0.2) is 5.43 Å². The maximum Gasteiger partial charge on any atom is 0.137 e. The number of thiophene rings is 1. The number of aryl methyl sites for hydroxylation is 1. The maximum absolute atomic E-state index is 5.70. The maximum atomic E-state index is 5.70. The van der Waals surface area contributed by atoms with E-state index in [-0.39, 0.29) is 6.04 Å². The SMILES string of the molecule is CCCOc1cncc(C(NN)c2cscc2C)c1. The van der Waals surface area contributed by atoms with Gasteiger partial charge in [-0.3, -0.25) is 10.8 Å². The van der Waals surface area contributed by atoms with Crippen molar-refractivity contribution in [2.24, 2.45) is 5.84 Å². The van der Waals surface area contributed by atoms with Crippen LogP contribution >= 0.6 is 11.3 Å². The minimum atomic E-state index is -0.0519. The number of aromatic nitrogens is 1. The van der Waals surface area contributed by atoms with E-state index in [1.54, 1.807) is 17.5 Å². The van der Waals surface area contributed by atoms with Crippen LogP contribution in [0.2, 0.25) is 0 Å². The Morgan fingerprint density at radius 1 is 1.42 bits per heavy atom. The molecule has 5 heteroatoms. The number of hydrogen-bond donors (Lipinski definition) is 2. The summed E-state index contributed by atoms with van der Waals surface area (Å²) >= 11 is 1.68. The summed E-state index contributed by atoms with van der Waals surface area (Å²) in [6.45, 7) is 4.86. The van der Waals surface area contributed by atoms with Gasteiger partial charge in [0.1, 0.15) is 5.75 Å². The lowest BCUT2D eigenvalue weighted by Gasteiger charge is -2.17. The first-order valence-corrected chi connectivity index (χ1v) is 7.27. The van der Waals surface area contributed by atoms with E-state index in [0.717, 1.165) is 17.7 Å². The highest BCUT2D eigenvalue weighted by Crippen LogP contribution is 2.28. The first kappa shape index (κ1) is 14.0. The predicted molar refractivity (Wildman–Crippen MR) is 78.2 cm³/mol. The highest BCUT2D eigenvalue weighted by Gasteiger charge is 2.16. The van der Waals surface area contributed by atoms with Gasteiger partial charge in [0.25, 0.3) is 0 Å². The van der Waals surface area contributed by atoms with Crippen molar-refractivity contribution >= 4 is 11.3 Å². The molecule has 1 unspecified atom stereocenters. The second kappa shape index (κ2) is 6.65. The predicted octanol–water partition coefficient (Wildman–Crippen LogP) is 2.79. The van der Waals surface area contributed by atoms with Crippen molar-refractivity contribution in [1.82, 2.24) is 10.4 Å². The third-order valence-electron chi connectivity index (χ3n) is 2.91. The number of hydrogen-bond acceptors (Lipinski definition) is 5. The molecular formula is C14H19N3OS. The molecule has 19 heavy (non-hydrogen) atoms. The monoisotopic (exact) mass is 277 g/mol. The molecule has 2 rings (SSSR count). The van der Waals surface area contributed by atoms with E-state index in [0.29, 0.717) is 6.61 Å². The Morgan fingerprint density at radius 3 is 2.89 bits per heavy atom. The largest absolute Gasteiger partial charge is 0.492 e. The fourth-order valence-corrected chi connectivity index (χ4v) is 2.80. The van der Waals surface area contributed by atoms with Crippen molar-refractivity contribution in [2.45, 2.75) is 26.3 Å². The molecule has 0 saturated carbocycles. The van der Waals surface area contributed by atoms with Crippen molar-refractivity contribution in [1.29, 1.82) is 0 Å². The Bertz CT molecular complexity index is 527. The first-order chi connectivity index (χ1) is 9.26. The quantitative estimate of drug-likeness (QED) is 0.629. The van der Waals surface area contributed by atoms with E-state index in [4.69, 9.17) is 10.6 Å². The van der Waals surface area contributed by atoms with Crippen molar-refractivity contribution in [3.63, 3.8) is 0 Å². The summed E-state index contributed by atoms with van der Waals surface area (Å²) in [6, 6.07) is 1.94. The van der Waals surface area contributed by atoms with Gasteiger partial charge in [0, 0.05) is 6.20 Å². The molecule has 0 aromatic carbocycles. The fraction of sp³-hybridized carbons (Fsp3) is 0.357. The Morgan fingerprint density at radius 2 is 2.26 bits per heavy atom. The molecule has 2 aromatic heterocycles. The Kier molecular flexibility index (Phi) is 4.90. The Balaban J connectivity index is 2.26. The molecule has 0 aliphatic rings. The lowest BCUT2D eigenvalue weighted by Crippen LogP contribution is -2.29. The normalized spacial score (nSPS) is 12.4. The lowest BCUT2D eigenvalue weighted by atomic mass is 10.0. The van der Waals surface area contributed by atoms with Gasteiger partial charge in [-0.15, -0.1) is 0 Å². The highest BCUT2D eigenvalue weighted by molar-refractivity contribution is 7.08. The molecule has 0 amide bonds. The van der Waals surface area contributed by atoms with Gasteiger partial charge in [0.05, 0.1) is 18.8 Å². The topological polar surface area (TPSA) is 60.2 Å². The molecule has 0 saturated heterocycles. The van der Waals surface area contributed by atoms with Crippen LogP contribution in [0.5, 0.6) is 5.75 Å². The van der Waals surface area contributed by atoms with Gasteiger partial charge in [-0.2, -0.15) is 11.3 Å². The number of rotatable bonds is 6. The van der Waals surface area contributed by atoms with Crippen LogP contribution in [0.15, 0.2) is 29.2 Å². The van der Waals surface area contributed by atoms with Crippen LogP contribution in [-0.4, -0.2) is 11.6 Å². The summed E-state index contributed by atoms with van der Waals surface area (Å²) in [4.78, 5) is 4.23. The van der Waals surface area contributed by atoms with E-state index >= 15 is 0 Å². The summed E-state index contributed by atoms with van der Waals surface area (Å²) < 4.78 is 5.61. The second-order valence-corrected chi connectivity index (χ2v) is 5.16. The molecule has 2 aromatic rings. The van der Waals surface area contributed by atoms with Crippen LogP contribution in [-0.2, 0) is 0 Å². The van der Waals surface area contributed by atoms with Crippen LogP contribution in [0, 0.1) is 6.92 Å². The standard InChI is InChI=1S/C14H19N3OS/c1-3-4-18-12-5-11(6-16-7-12)14(17-15)13-9-19-8-10(13)2/h5-9,14,17H,3-4,15H2,1-2H3. The van der Waals surface area contributed by atoms with E-state index in [1.165, 1.54) is 11.1 Å². The summed E-state index contributed by atoms with van der Waals surface area (Å²) in [5, 5.41) is 4.23. The number of nitrogens with zero attached hydrogens (tertiary/aromatic N) is 1.